The van der Waals surface area contributed by atoms with Gasteiger partial charge < -0.3 is 21.8 Å². The van der Waals surface area contributed by atoms with Crippen LogP contribution in [0.25, 0.3) is 5.70 Å². The zero-order chi connectivity index (χ0) is 17.5. The highest BCUT2D eigenvalue weighted by Crippen LogP contribution is 2.30. The van der Waals surface area contributed by atoms with E-state index in [2.05, 4.69) is 5.32 Å². The molecule has 2 aromatic rings. The van der Waals surface area contributed by atoms with Gasteiger partial charge in [0.25, 0.3) is 5.91 Å². The van der Waals surface area contributed by atoms with E-state index in [4.69, 9.17) is 22.7 Å². The molecule has 1 aromatic heterocycles. The third-order valence-electron chi connectivity index (χ3n) is 3.54. The molecule has 1 atom stereocenters. The molecule has 0 spiro atoms. The molecule has 0 saturated carbocycles. The first kappa shape index (κ1) is 18.4. The lowest BCUT2D eigenvalue weighted by Crippen LogP contribution is -2.76. The summed E-state index contributed by atoms with van der Waals surface area (Å²) < 4.78 is 0.523. The fourth-order valence-electron chi connectivity index (χ4n) is 2.30. The molecule has 0 aliphatic rings. The van der Waals surface area contributed by atoms with Crippen molar-refractivity contribution in [2.24, 2.45) is 5.73 Å². The Balaban J connectivity index is 2.21. The van der Waals surface area contributed by atoms with Crippen LogP contribution in [0.4, 0.5) is 0 Å². The monoisotopic (exact) mass is 363 g/mol. The third-order valence-corrected chi connectivity index (χ3v) is 4.90. The second kappa shape index (κ2) is 8.75. The van der Waals surface area contributed by atoms with E-state index in [9.17, 15) is 4.79 Å². The van der Waals surface area contributed by atoms with E-state index in [1.807, 2.05) is 42.7 Å². The van der Waals surface area contributed by atoms with Crippen molar-refractivity contribution in [2.75, 3.05) is 13.6 Å². The topological polar surface area (TPSA) is 95.6 Å². The molecule has 126 valence electrons. The van der Waals surface area contributed by atoms with Gasteiger partial charge in [-0.3, -0.25) is 4.79 Å². The van der Waals surface area contributed by atoms with Gasteiger partial charge in [-0.1, -0.05) is 41.9 Å². The summed E-state index contributed by atoms with van der Waals surface area (Å²) in [6.45, 7) is 0.309. The van der Waals surface area contributed by atoms with Crippen LogP contribution in [0.5, 0.6) is 0 Å². The van der Waals surface area contributed by atoms with Crippen LogP contribution in [0.2, 0.25) is 4.34 Å². The van der Waals surface area contributed by atoms with Crippen molar-refractivity contribution in [2.45, 2.75) is 6.04 Å². The summed E-state index contributed by atoms with van der Waals surface area (Å²) in [5.41, 5.74) is 8.32. The lowest BCUT2D eigenvalue weighted by atomic mass is 10.1. The minimum absolute atomic E-state index is 0.210. The molecule has 2 rings (SSSR count). The maximum absolute atomic E-state index is 12.5. The number of hydrogen-bond donors (Lipinski definition) is 4. The Morgan fingerprint density at radius 2 is 2.17 bits per heavy atom. The summed E-state index contributed by atoms with van der Waals surface area (Å²) >= 11 is 7.48. The van der Waals surface area contributed by atoms with Crippen molar-refractivity contribution in [3.63, 3.8) is 0 Å². The van der Waals surface area contributed by atoms with E-state index in [1.54, 1.807) is 12.1 Å². The summed E-state index contributed by atoms with van der Waals surface area (Å²) in [5, 5.41) is 12.0. The van der Waals surface area contributed by atoms with Crippen molar-refractivity contribution in [1.82, 2.24) is 5.32 Å². The maximum Gasteiger partial charge on any atom is 0.261 e. The number of rotatable bonds is 7. The van der Waals surface area contributed by atoms with Gasteiger partial charge in [0.2, 0.25) is 0 Å². The van der Waals surface area contributed by atoms with Crippen molar-refractivity contribution >= 4 is 40.8 Å². The van der Waals surface area contributed by atoms with Crippen molar-refractivity contribution in [3.8, 4) is 0 Å². The largest absolute Gasteiger partial charge is 0.343 e. The summed E-state index contributed by atoms with van der Waals surface area (Å²) in [5.74, 6) is -0.210. The smallest absolute Gasteiger partial charge is 0.261 e. The number of benzene rings is 1. The van der Waals surface area contributed by atoms with E-state index < -0.39 is 0 Å². The molecule has 1 amide bonds. The van der Waals surface area contributed by atoms with Gasteiger partial charge in [-0.15, -0.1) is 11.3 Å². The molecule has 0 fully saturated rings. The van der Waals surface area contributed by atoms with Crippen LogP contribution in [0.1, 0.15) is 26.8 Å². The molecule has 5 nitrogen and oxygen atoms in total. The third kappa shape index (κ3) is 4.30. The number of carbonyl (C=O) groups is 1. The molecule has 7 heteroatoms. The van der Waals surface area contributed by atoms with Crippen LogP contribution >= 0.6 is 22.9 Å². The van der Waals surface area contributed by atoms with Gasteiger partial charge >= 0.3 is 0 Å². The number of carbonyl (C=O) groups excluding carboxylic acids is 1. The quantitative estimate of drug-likeness (QED) is 0.566. The number of allylic oxidation sites excluding steroid dienone is 1. The molecular formula is C17H20ClN4OS+. The highest BCUT2D eigenvalue weighted by molar-refractivity contribution is 7.18. The fraction of sp³-hybridized carbons (Fsp3) is 0.176. The van der Waals surface area contributed by atoms with Gasteiger partial charge in [0.1, 0.15) is 10.0 Å². The number of thiophene rings is 1. The van der Waals surface area contributed by atoms with E-state index in [0.29, 0.717) is 15.8 Å². The van der Waals surface area contributed by atoms with Crippen LogP contribution in [-0.2, 0) is 0 Å². The second-order valence-corrected chi connectivity index (χ2v) is 6.70. The van der Waals surface area contributed by atoms with Crippen LogP contribution in [-0.4, -0.2) is 25.7 Å². The Kier molecular flexibility index (Phi) is 6.69. The van der Waals surface area contributed by atoms with Crippen LogP contribution in [0, 0.1) is 5.41 Å². The molecule has 1 aromatic carbocycles. The minimum Gasteiger partial charge on any atom is -0.343 e. The average molecular weight is 364 g/mol. The zero-order valence-electron chi connectivity index (χ0n) is 13.3. The Labute approximate surface area is 150 Å². The number of hydrogen-bond acceptors (Lipinski definition) is 4. The Morgan fingerprint density at radius 3 is 2.75 bits per heavy atom. The van der Waals surface area contributed by atoms with E-state index in [0.717, 1.165) is 16.8 Å². The summed E-state index contributed by atoms with van der Waals surface area (Å²) in [4.78, 5) is 13.0. The minimum atomic E-state index is -0.252. The number of quaternary nitrogens is 1. The lowest BCUT2D eigenvalue weighted by Gasteiger charge is -2.16. The molecule has 0 unspecified atom stereocenters. The Morgan fingerprint density at radius 1 is 1.46 bits per heavy atom. The molecule has 0 bridgehead atoms. The summed E-state index contributed by atoms with van der Waals surface area (Å²) in [7, 11) is 1.86. The summed E-state index contributed by atoms with van der Waals surface area (Å²) in [6, 6.07) is 11.1. The van der Waals surface area contributed by atoms with Crippen molar-refractivity contribution in [1.29, 1.82) is 5.41 Å². The molecule has 0 aliphatic carbocycles. The molecule has 6 N–H and O–H groups in total. The van der Waals surface area contributed by atoms with Gasteiger partial charge in [-0.05, 0) is 11.6 Å². The first-order valence-corrected chi connectivity index (χ1v) is 8.65. The van der Waals surface area contributed by atoms with E-state index in [-0.39, 0.29) is 11.9 Å². The van der Waals surface area contributed by atoms with Gasteiger partial charge in [0.05, 0.1) is 23.5 Å². The van der Waals surface area contributed by atoms with E-state index in [1.165, 1.54) is 17.6 Å². The Bertz CT molecular complexity index is 742. The van der Waals surface area contributed by atoms with Crippen LogP contribution in [0.15, 0.2) is 42.5 Å². The standard InChI is InChI=1S/C17H19ClN4OS/c1-21-13(7-8-19)12-9-15(24-16(12)18)17(23)22-14(10-20)11-5-3-2-4-6-11/h2-9,14,19,21H,10,20H2,1H3,(H,22,23)/p+1/b13-7-,19-8?/t14-/m1/s1. The highest BCUT2D eigenvalue weighted by Gasteiger charge is 2.20. The molecule has 0 saturated heterocycles. The molecule has 0 aliphatic heterocycles. The molecule has 24 heavy (non-hydrogen) atoms. The van der Waals surface area contributed by atoms with Gasteiger partial charge in [0, 0.05) is 18.8 Å². The van der Waals surface area contributed by atoms with Gasteiger partial charge in [-0.2, -0.15) is 0 Å². The average Bonchev–Trinajstić information content (AvgIpc) is 3.00. The number of amides is 1. The summed E-state index contributed by atoms with van der Waals surface area (Å²) in [6.07, 6.45) is 2.84. The normalized spacial score (nSPS) is 12.7. The number of nitrogens with two attached hydrogens (primary N) is 2. The molecule has 0 radical (unpaired) electrons. The van der Waals surface area contributed by atoms with Crippen LogP contribution in [0.3, 0.4) is 0 Å². The van der Waals surface area contributed by atoms with Crippen molar-refractivity contribution in [3.05, 3.63) is 62.8 Å². The fourth-order valence-corrected chi connectivity index (χ4v) is 3.52. The number of nitrogens with one attached hydrogen (secondary N) is 2. The lowest BCUT2D eigenvalue weighted by molar-refractivity contribution is -0.530. The zero-order valence-corrected chi connectivity index (χ0v) is 14.8. The predicted molar refractivity (Wildman–Crippen MR) is 99.6 cm³/mol. The number of halogens is 1. The van der Waals surface area contributed by atoms with Gasteiger partial charge in [-0.25, -0.2) is 0 Å². The molecular weight excluding hydrogens is 344 g/mol. The Hall–Kier alpha value is -1.99. The maximum atomic E-state index is 12.5. The van der Waals surface area contributed by atoms with Crippen LogP contribution < -0.4 is 16.4 Å². The predicted octanol–water partition coefficient (Wildman–Crippen LogP) is 2.01. The first-order valence-electron chi connectivity index (χ1n) is 7.46. The molecule has 1 heterocycles. The highest BCUT2D eigenvalue weighted by atomic mass is 35.5. The second-order valence-electron chi connectivity index (χ2n) is 5.05. The SMILES string of the molecule is C[NH2+]/C(=C\C=N)c1cc(C(=O)N[C@H](CN)c2ccccc2)sc1Cl. The van der Waals surface area contributed by atoms with Crippen molar-refractivity contribution < 1.29 is 10.1 Å². The first-order chi connectivity index (χ1) is 11.6. The van der Waals surface area contributed by atoms with Gasteiger partial charge in [0.15, 0.2) is 0 Å². The van der Waals surface area contributed by atoms with E-state index >= 15 is 0 Å².